The Balaban J connectivity index is 1.93. The smallest absolute Gasteiger partial charge is 0.310 e. The Bertz CT molecular complexity index is 403. The highest BCUT2D eigenvalue weighted by Crippen LogP contribution is 2.39. The fraction of sp³-hybridized carbons (Fsp3) is 0.727. The number of hydrogen-bond donors (Lipinski definition) is 0. The number of aromatic nitrogens is 2. The third-order valence-corrected chi connectivity index (χ3v) is 3.70. The van der Waals surface area contributed by atoms with Crippen molar-refractivity contribution in [2.75, 3.05) is 25.6 Å². The molecule has 94 valence electrons. The molecule has 1 aromatic heterocycles. The molecule has 17 heavy (non-hydrogen) atoms. The molecule has 1 aromatic rings. The summed E-state index contributed by atoms with van der Waals surface area (Å²) in [6.07, 6.45) is 2.41. The van der Waals surface area contributed by atoms with Crippen LogP contribution < -0.4 is 4.90 Å². The minimum atomic E-state index is -0.191. The molecule has 0 bridgehead atoms. The van der Waals surface area contributed by atoms with E-state index in [4.69, 9.17) is 4.74 Å². The van der Waals surface area contributed by atoms with Crippen LogP contribution in [0, 0.1) is 5.92 Å². The molecule has 2 rings (SSSR count). The van der Waals surface area contributed by atoms with Crippen molar-refractivity contribution in [2.45, 2.75) is 25.7 Å². The Morgan fingerprint density at radius 3 is 2.94 bits per heavy atom. The monoisotopic (exact) mass is 255 g/mol. The van der Waals surface area contributed by atoms with Crippen LogP contribution in [0.2, 0.25) is 0 Å². The number of rotatable bonds is 5. The van der Waals surface area contributed by atoms with Crippen LogP contribution in [-0.4, -0.2) is 36.0 Å². The van der Waals surface area contributed by atoms with Gasteiger partial charge in [-0.05, 0) is 12.8 Å². The zero-order valence-corrected chi connectivity index (χ0v) is 11.2. The number of nitrogens with zero attached hydrogens (tertiary/aromatic N) is 3. The summed E-state index contributed by atoms with van der Waals surface area (Å²) < 4.78 is 9.05. The molecule has 1 heterocycles. The standard InChI is InChI=1S/C11H17N3O2S/c1-7(10(15)16-3)6-14(2)11-12-9(13-17-11)8-4-5-8/h7-8H,4-6H2,1-3H3. The fourth-order valence-electron chi connectivity index (χ4n) is 1.65. The second kappa shape index (κ2) is 5.00. The van der Waals surface area contributed by atoms with Crippen molar-refractivity contribution >= 4 is 22.6 Å². The number of esters is 1. The third-order valence-electron chi connectivity index (χ3n) is 2.85. The van der Waals surface area contributed by atoms with E-state index in [0.29, 0.717) is 12.5 Å². The molecule has 6 heteroatoms. The van der Waals surface area contributed by atoms with Crippen LogP contribution in [0.3, 0.4) is 0 Å². The van der Waals surface area contributed by atoms with Crippen LogP contribution >= 0.6 is 11.5 Å². The molecular formula is C11H17N3O2S. The lowest BCUT2D eigenvalue weighted by atomic mass is 10.2. The molecule has 1 fully saturated rings. The van der Waals surface area contributed by atoms with E-state index >= 15 is 0 Å². The molecule has 0 aromatic carbocycles. The lowest BCUT2D eigenvalue weighted by Gasteiger charge is -2.18. The van der Waals surface area contributed by atoms with E-state index in [2.05, 4.69) is 9.36 Å². The lowest BCUT2D eigenvalue weighted by Crippen LogP contribution is -2.29. The molecule has 1 unspecified atom stereocenters. The Morgan fingerprint density at radius 1 is 1.65 bits per heavy atom. The van der Waals surface area contributed by atoms with Crippen molar-refractivity contribution in [3.8, 4) is 0 Å². The van der Waals surface area contributed by atoms with Gasteiger partial charge in [0.2, 0.25) is 5.13 Å². The van der Waals surface area contributed by atoms with Gasteiger partial charge in [-0.1, -0.05) is 6.92 Å². The fourth-order valence-corrected chi connectivity index (χ4v) is 2.37. The Kier molecular flexibility index (Phi) is 3.61. The molecule has 0 aliphatic heterocycles. The SMILES string of the molecule is COC(=O)C(C)CN(C)c1nc(C2CC2)ns1. The maximum absolute atomic E-state index is 11.3. The van der Waals surface area contributed by atoms with E-state index in [0.717, 1.165) is 11.0 Å². The van der Waals surface area contributed by atoms with Crippen molar-refractivity contribution < 1.29 is 9.53 Å². The van der Waals surface area contributed by atoms with E-state index in [1.165, 1.54) is 31.5 Å². The molecule has 1 atom stereocenters. The molecule has 1 saturated carbocycles. The normalized spacial score (nSPS) is 16.6. The zero-order valence-electron chi connectivity index (χ0n) is 10.3. The van der Waals surface area contributed by atoms with Crippen molar-refractivity contribution in [2.24, 2.45) is 5.92 Å². The first-order valence-electron chi connectivity index (χ1n) is 5.74. The van der Waals surface area contributed by atoms with Crippen molar-refractivity contribution in [3.63, 3.8) is 0 Å². The average molecular weight is 255 g/mol. The summed E-state index contributed by atoms with van der Waals surface area (Å²) in [7, 11) is 3.34. The first-order chi connectivity index (χ1) is 8.11. The molecule has 0 N–H and O–H groups in total. The molecule has 5 nitrogen and oxygen atoms in total. The van der Waals surface area contributed by atoms with Gasteiger partial charge in [0, 0.05) is 31.0 Å². The van der Waals surface area contributed by atoms with Crippen molar-refractivity contribution in [3.05, 3.63) is 5.82 Å². The van der Waals surface area contributed by atoms with E-state index in [1.807, 2.05) is 18.9 Å². The van der Waals surface area contributed by atoms with E-state index in [9.17, 15) is 4.79 Å². The number of hydrogen-bond acceptors (Lipinski definition) is 6. The zero-order chi connectivity index (χ0) is 12.4. The van der Waals surface area contributed by atoms with Gasteiger partial charge in [-0.2, -0.15) is 4.37 Å². The molecule has 0 radical (unpaired) electrons. The van der Waals surface area contributed by atoms with Crippen LogP contribution in [0.5, 0.6) is 0 Å². The van der Waals surface area contributed by atoms with Crippen molar-refractivity contribution in [1.29, 1.82) is 0 Å². The number of carbonyl (C=O) groups excluding carboxylic acids is 1. The second-order valence-corrected chi connectivity index (χ2v) is 5.24. The molecule has 0 spiro atoms. The Morgan fingerprint density at radius 2 is 2.35 bits per heavy atom. The Labute approximate surface area is 105 Å². The first kappa shape index (κ1) is 12.3. The van der Waals surface area contributed by atoms with E-state index in [-0.39, 0.29) is 11.9 Å². The van der Waals surface area contributed by atoms with Crippen LogP contribution in [0.25, 0.3) is 0 Å². The molecular weight excluding hydrogens is 238 g/mol. The highest BCUT2D eigenvalue weighted by Gasteiger charge is 2.28. The number of methoxy groups -OCH3 is 1. The van der Waals surface area contributed by atoms with Crippen molar-refractivity contribution in [1.82, 2.24) is 9.36 Å². The van der Waals surface area contributed by atoms with Gasteiger partial charge >= 0.3 is 5.97 Å². The number of anilines is 1. The molecule has 1 aliphatic rings. The highest BCUT2D eigenvalue weighted by atomic mass is 32.1. The van der Waals surface area contributed by atoms with Gasteiger partial charge in [0.15, 0.2) is 0 Å². The second-order valence-electron chi connectivity index (χ2n) is 4.51. The number of carbonyl (C=O) groups is 1. The predicted molar refractivity (Wildman–Crippen MR) is 66.3 cm³/mol. The van der Waals surface area contributed by atoms with Gasteiger partial charge in [0.1, 0.15) is 5.82 Å². The lowest BCUT2D eigenvalue weighted by molar-refractivity contribution is -0.144. The van der Waals surface area contributed by atoms with Crippen LogP contribution in [0.15, 0.2) is 0 Å². The molecule has 0 amide bonds. The quantitative estimate of drug-likeness (QED) is 0.749. The summed E-state index contributed by atoms with van der Waals surface area (Å²) in [4.78, 5) is 17.8. The topological polar surface area (TPSA) is 55.3 Å². The summed E-state index contributed by atoms with van der Waals surface area (Å²) in [6, 6.07) is 0. The summed E-state index contributed by atoms with van der Waals surface area (Å²) in [5.41, 5.74) is 0. The van der Waals surface area contributed by atoms with Gasteiger partial charge in [-0.25, -0.2) is 4.98 Å². The largest absolute Gasteiger partial charge is 0.469 e. The maximum atomic E-state index is 11.3. The van der Waals surface area contributed by atoms with Crippen LogP contribution in [0.1, 0.15) is 31.5 Å². The Hall–Kier alpha value is -1.17. The van der Waals surface area contributed by atoms with Gasteiger partial charge in [-0.15, -0.1) is 0 Å². The highest BCUT2D eigenvalue weighted by molar-refractivity contribution is 7.09. The average Bonchev–Trinajstić information content (AvgIpc) is 3.05. The summed E-state index contributed by atoms with van der Waals surface area (Å²) in [6.45, 7) is 2.46. The molecule has 0 saturated heterocycles. The van der Waals surface area contributed by atoms with Crippen LogP contribution in [0.4, 0.5) is 5.13 Å². The predicted octanol–water partition coefficient (Wildman–Crippen LogP) is 1.66. The number of ether oxygens (including phenoxy) is 1. The van der Waals surface area contributed by atoms with Gasteiger partial charge in [0.05, 0.1) is 13.0 Å². The third kappa shape index (κ3) is 2.94. The maximum Gasteiger partial charge on any atom is 0.310 e. The first-order valence-corrected chi connectivity index (χ1v) is 6.51. The van der Waals surface area contributed by atoms with E-state index < -0.39 is 0 Å². The summed E-state index contributed by atoms with van der Waals surface area (Å²) in [5, 5.41) is 0.877. The minimum absolute atomic E-state index is 0.154. The van der Waals surface area contributed by atoms with Gasteiger partial charge < -0.3 is 9.64 Å². The van der Waals surface area contributed by atoms with Crippen LogP contribution in [-0.2, 0) is 9.53 Å². The summed E-state index contributed by atoms with van der Waals surface area (Å²) in [5.74, 6) is 1.19. The van der Waals surface area contributed by atoms with E-state index in [1.54, 1.807) is 0 Å². The summed E-state index contributed by atoms with van der Waals surface area (Å²) >= 11 is 1.40. The molecule has 1 aliphatic carbocycles. The van der Waals surface area contributed by atoms with Gasteiger partial charge in [0.25, 0.3) is 0 Å². The minimum Gasteiger partial charge on any atom is -0.469 e. The van der Waals surface area contributed by atoms with Gasteiger partial charge in [-0.3, -0.25) is 4.79 Å².